The Morgan fingerprint density at radius 3 is 2.48 bits per heavy atom. The maximum absolute atomic E-state index is 15.6. The van der Waals surface area contributed by atoms with Crippen molar-refractivity contribution in [3.05, 3.63) is 24.3 Å². The fraction of sp³-hybridized carbons (Fsp3) is 0.550. The molecule has 0 aliphatic carbocycles. The lowest BCUT2D eigenvalue weighted by Crippen LogP contribution is -2.67. The van der Waals surface area contributed by atoms with Crippen LogP contribution in [0.4, 0.5) is 20.6 Å². The Bertz CT molecular complexity index is 883. The molecule has 2 heterocycles. The van der Waals surface area contributed by atoms with E-state index in [0.29, 0.717) is 25.2 Å². The molecule has 182 valence electrons. The quantitative estimate of drug-likeness (QED) is 0.323. The molecule has 0 bridgehead atoms. The maximum atomic E-state index is 15.6. The lowest BCUT2D eigenvalue weighted by Gasteiger charge is -2.49. The molecule has 2 aliphatic heterocycles. The van der Waals surface area contributed by atoms with Gasteiger partial charge in [0.15, 0.2) is 5.79 Å². The molecule has 2 saturated heterocycles. The van der Waals surface area contributed by atoms with Crippen molar-refractivity contribution < 1.29 is 23.5 Å². The van der Waals surface area contributed by atoms with E-state index >= 15 is 4.39 Å². The minimum atomic E-state index is -1.92. The van der Waals surface area contributed by atoms with Gasteiger partial charge >= 0.3 is 6.09 Å². The Morgan fingerprint density at radius 1 is 1.30 bits per heavy atom. The zero-order chi connectivity index (χ0) is 24.4. The number of amides is 3. The summed E-state index contributed by atoms with van der Waals surface area (Å²) in [5.74, 6) is -2.10. The topological polar surface area (TPSA) is 94.2 Å². The second-order valence-corrected chi connectivity index (χ2v) is 10.4. The number of hydrogen-bond donors (Lipinski definition) is 2. The molecule has 0 spiro atoms. The molecule has 33 heavy (non-hydrogen) atoms. The summed E-state index contributed by atoms with van der Waals surface area (Å²) in [5.41, 5.74) is 1.38. The molecular formula is C20H25Cl3FN5O4. The summed E-state index contributed by atoms with van der Waals surface area (Å²) < 4.78 is 18.9. The summed E-state index contributed by atoms with van der Waals surface area (Å²) in [6.07, 6.45) is -1.69. The number of rotatable bonds is 7. The van der Waals surface area contributed by atoms with E-state index in [9.17, 15) is 14.4 Å². The molecule has 3 rings (SSSR count). The average Bonchev–Trinajstić information content (AvgIpc) is 3.10. The van der Waals surface area contributed by atoms with Gasteiger partial charge in [-0.15, -0.1) is 0 Å². The van der Waals surface area contributed by atoms with Gasteiger partial charge in [0, 0.05) is 31.4 Å². The first-order valence-electron chi connectivity index (χ1n) is 10.2. The van der Waals surface area contributed by atoms with Crippen LogP contribution in [0.15, 0.2) is 24.3 Å². The van der Waals surface area contributed by atoms with Crippen LogP contribution in [0.25, 0.3) is 0 Å². The first-order valence-corrected chi connectivity index (χ1v) is 11.4. The number of carbonyl (C=O) groups is 3. The molecule has 0 aromatic heterocycles. The van der Waals surface area contributed by atoms with Crippen molar-refractivity contribution in [1.82, 2.24) is 15.5 Å². The highest BCUT2D eigenvalue weighted by Crippen LogP contribution is 2.38. The molecule has 1 aromatic carbocycles. The van der Waals surface area contributed by atoms with E-state index in [4.69, 9.17) is 39.5 Å². The summed E-state index contributed by atoms with van der Waals surface area (Å²) in [6.45, 7) is 3.88. The van der Waals surface area contributed by atoms with Crippen LogP contribution in [-0.2, 0) is 14.3 Å². The van der Waals surface area contributed by atoms with Crippen LogP contribution in [-0.4, -0.2) is 77.9 Å². The number of halogens is 4. The number of hydrogen-bond acceptors (Lipinski definition) is 6. The van der Waals surface area contributed by atoms with E-state index in [0.717, 1.165) is 5.69 Å². The summed E-state index contributed by atoms with van der Waals surface area (Å²) in [4.78, 5) is 38.8. The van der Waals surface area contributed by atoms with Crippen LogP contribution >= 0.6 is 34.8 Å². The fourth-order valence-electron chi connectivity index (χ4n) is 3.96. The number of benzene rings is 1. The Hall–Kier alpha value is -2.01. The lowest BCUT2D eigenvalue weighted by molar-refractivity contribution is -0.119. The summed E-state index contributed by atoms with van der Waals surface area (Å²) >= 11 is 17.9. The van der Waals surface area contributed by atoms with Crippen molar-refractivity contribution in [2.75, 3.05) is 42.5 Å². The van der Waals surface area contributed by atoms with Crippen molar-refractivity contribution in [3.8, 4) is 0 Å². The monoisotopic (exact) mass is 523 g/mol. The first-order chi connectivity index (χ1) is 15.4. The normalized spacial score (nSPS) is 24.9. The van der Waals surface area contributed by atoms with Crippen LogP contribution in [0.2, 0.25) is 0 Å². The molecule has 13 heteroatoms. The molecule has 0 saturated carbocycles. The lowest BCUT2D eigenvalue weighted by atomic mass is 10.1. The predicted octanol–water partition coefficient (Wildman–Crippen LogP) is 2.40. The van der Waals surface area contributed by atoms with Crippen molar-refractivity contribution in [2.24, 2.45) is 0 Å². The van der Waals surface area contributed by atoms with Crippen LogP contribution in [0.3, 0.4) is 0 Å². The van der Waals surface area contributed by atoms with E-state index in [2.05, 4.69) is 10.6 Å². The van der Waals surface area contributed by atoms with Crippen LogP contribution in [0.5, 0.6) is 0 Å². The van der Waals surface area contributed by atoms with Crippen molar-refractivity contribution in [2.45, 2.75) is 35.7 Å². The Balaban J connectivity index is 1.67. The number of alkyl halides is 4. The molecular weight excluding hydrogens is 500 g/mol. The number of cyclic esters (lactones) is 1. The largest absolute Gasteiger partial charge is 0.442 e. The van der Waals surface area contributed by atoms with E-state index in [1.165, 1.54) is 23.6 Å². The van der Waals surface area contributed by atoms with Gasteiger partial charge < -0.3 is 20.3 Å². The average molecular weight is 525 g/mol. The third kappa shape index (κ3) is 6.11. The summed E-state index contributed by atoms with van der Waals surface area (Å²) in [6, 6.07) is 7.06. The maximum Gasteiger partial charge on any atom is 0.414 e. The number of carbonyl (C=O) groups excluding carboxylic acids is 3. The Morgan fingerprint density at radius 2 is 1.94 bits per heavy atom. The second kappa shape index (κ2) is 10.1. The minimum Gasteiger partial charge on any atom is -0.442 e. The smallest absolute Gasteiger partial charge is 0.414 e. The Labute approximate surface area is 206 Å². The van der Waals surface area contributed by atoms with Crippen LogP contribution in [0, 0.1) is 0 Å². The van der Waals surface area contributed by atoms with Gasteiger partial charge in [-0.3, -0.25) is 14.5 Å². The van der Waals surface area contributed by atoms with Gasteiger partial charge in [-0.25, -0.2) is 14.1 Å². The molecule has 0 radical (unpaired) electrons. The van der Waals surface area contributed by atoms with Gasteiger partial charge in [0.1, 0.15) is 12.3 Å². The van der Waals surface area contributed by atoms with E-state index in [1.807, 2.05) is 4.90 Å². The third-order valence-electron chi connectivity index (χ3n) is 5.52. The van der Waals surface area contributed by atoms with Gasteiger partial charge in [0.2, 0.25) is 16.1 Å². The third-order valence-corrected chi connectivity index (χ3v) is 6.14. The zero-order valence-electron chi connectivity index (χ0n) is 18.1. The zero-order valence-corrected chi connectivity index (χ0v) is 20.3. The number of nitrogens with zero attached hydrogens (tertiary/aromatic N) is 3. The standard InChI is InChI=1S/C20H25Cl3FN5O4/c1-13(31)25-9-16-10-28(18(32)33-16)15-5-3-14(4-6-15)27-7-8-29(19(2,24)11-27)17(26-12-30)20(21,22)23/h3-6,12,16-17H,7-11H2,1-2H3,(H,25,31)(H,26,30)/t16?,17?,19-/m1/s1. The molecule has 9 nitrogen and oxygen atoms in total. The van der Waals surface area contributed by atoms with E-state index in [-0.39, 0.29) is 25.5 Å². The molecule has 2 aliphatic rings. The summed E-state index contributed by atoms with van der Waals surface area (Å²) in [5, 5.41) is 5.01. The highest BCUT2D eigenvalue weighted by Gasteiger charge is 2.48. The van der Waals surface area contributed by atoms with Crippen molar-refractivity contribution in [3.63, 3.8) is 0 Å². The number of piperazine rings is 1. The van der Waals surface area contributed by atoms with Gasteiger partial charge in [-0.1, -0.05) is 34.8 Å². The van der Waals surface area contributed by atoms with Gasteiger partial charge in [0.25, 0.3) is 0 Å². The Kier molecular flexibility index (Phi) is 7.83. The predicted molar refractivity (Wildman–Crippen MR) is 124 cm³/mol. The molecule has 2 unspecified atom stereocenters. The van der Waals surface area contributed by atoms with Crippen molar-refractivity contribution in [1.29, 1.82) is 0 Å². The van der Waals surface area contributed by atoms with Gasteiger partial charge in [0.05, 0.1) is 19.6 Å². The molecule has 3 amide bonds. The number of ether oxygens (including phenoxy) is 1. The SMILES string of the molecule is CC(=O)NCC1CN(c2ccc(N3CCN(C(NC=O)C(Cl)(Cl)Cl)[C@@](C)(F)C3)cc2)C(=O)O1. The highest BCUT2D eigenvalue weighted by molar-refractivity contribution is 6.68. The minimum absolute atomic E-state index is 0.0331. The first kappa shape index (κ1) is 25.6. The van der Waals surface area contributed by atoms with E-state index < -0.39 is 27.9 Å². The van der Waals surface area contributed by atoms with E-state index in [1.54, 1.807) is 24.3 Å². The molecule has 2 N–H and O–H groups in total. The number of nitrogens with one attached hydrogen (secondary N) is 2. The molecule has 1 aromatic rings. The van der Waals surface area contributed by atoms with Crippen molar-refractivity contribution >= 4 is 64.6 Å². The molecule has 3 atom stereocenters. The molecule has 2 fully saturated rings. The second-order valence-electron chi connectivity index (χ2n) is 8.06. The van der Waals surface area contributed by atoms with Gasteiger partial charge in [-0.2, -0.15) is 0 Å². The van der Waals surface area contributed by atoms with Crippen LogP contribution < -0.4 is 20.4 Å². The van der Waals surface area contributed by atoms with Gasteiger partial charge in [-0.05, 0) is 31.2 Å². The highest BCUT2D eigenvalue weighted by atomic mass is 35.6. The fourth-order valence-corrected chi connectivity index (χ4v) is 4.51. The van der Waals surface area contributed by atoms with Crippen LogP contribution in [0.1, 0.15) is 13.8 Å². The number of anilines is 2. The summed E-state index contributed by atoms with van der Waals surface area (Å²) in [7, 11) is 0.